The van der Waals surface area contributed by atoms with E-state index >= 15 is 0 Å². The Kier molecular flexibility index (Phi) is 6.49. The smallest absolute Gasteiger partial charge is 0.497 e. The molecule has 0 saturated carbocycles. The van der Waals surface area contributed by atoms with Gasteiger partial charge >= 0.3 is 6.16 Å². The molecule has 2 rings (SSSR count). The Morgan fingerprint density at radius 3 is 2.50 bits per heavy atom. The summed E-state index contributed by atoms with van der Waals surface area (Å²) in [6.45, 7) is 5.63. The number of anilines is 1. The van der Waals surface area contributed by atoms with Crippen LogP contribution in [0.25, 0.3) is 0 Å². The van der Waals surface area contributed by atoms with Gasteiger partial charge in [0, 0.05) is 18.3 Å². The van der Waals surface area contributed by atoms with Gasteiger partial charge in [0.1, 0.15) is 18.1 Å². The summed E-state index contributed by atoms with van der Waals surface area (Å²) >= 11 is 0. The highest BCUT2D eigenvalue weighted by molar-refractivity contribution is 5.63. The molecule has 0 bridgehead atoms. The van der Waals surface area contributed by atoms with Gasteiger partial charge in [-0.25, -0.2) is 4.79 Å². The number of carbonyl (C=O) groups excluding carboxylic acids is 1. The molecule has 24 heavy (non-hydrogen) atoms. The van der Waals surface area contributed by atoms with Gasteiger partial charge in [0.2, 0.25) is 0 Å². The molecule has 0 heterocycles. The minimum Gasteiger partial charge on any atom is -0.497 e. The Labute approximate surface area is 142 Å². The summed E-state index contributed by atoms with van der Waals surface area (Å²) in [4.78, 5) is 13.8. The topological polar surface area (TPSA) is 48.0 Å². The molecule has 0 amide bonds. The van der Waals surface area contributed by atoms with E-state index in [4.69, 9.17) is 14.2 Å². The van der Waals surface area contributed by atoms with Gasteiger partial charge < -0.3 is 19.1 Å². The number of hydrogen-bond donors (Lipinski definition) is 0. The molecule has 0 spiro atoms. The Bertz CT molecular complexity index is 655. The molecule has 2 aromatic rings. The fraction of sp³-hybridized carbons (Fsp3) is 0.316. The number of likely N-dealkylation sites (N-methyl/N-ethyl adjacent to an activating group) is 1. The van der Waals surface area contributed by atoms with Crippen LogP contribution in [0.4, 0.5) is 10.5 Å². The van der Waals surface area contributed by atoms with E-state index in [1.54, 1.807) is 19.2 Å². The molecule has 128 valence electrons. The average Bonchev–Trinajstić information content (AvgIpc) is 2.61. The number of aryl methyl sites for hydroxylation is 1. The van der Waals surface area contributed by atoms with Crippen LogP contribution < -0.4 is 14.4 Å². The monoisotopic (exact) mass is 329 g/mol. The van der Waals surface area contributed by atoms with E-state index in [0.29, 0.717) is 12.3 Å². The van der Waals surface area contributed by atoms with Crippen LogP contribution in [0.5, 0.6) is 11.5 Å². The van der Waals surface area contributed by atoms with E-state index in [1.165, 1.54) is 0 Å². The number of ether oxygens (including phenoxy) is 3. The highest BCUT2D eigenvalue weighted by Gasteiger charge is 2.09. The highest BCUT2D eigenvalue weighted by Crippen LogP contribution is 2.20. The third-order valence-corrected chi connectivity index (χ3v) is 3.60. The number of nitrogens with zero attached hydrogens (tertiary/aromatic N) is 1. The van der Waals surface area contributed by atoms with Gasteiger partial charge in [-0.05, 0) is 38.1 Å². The van der Waals surface area contributed by atoms with Crippen LogP contribution in [-0.4, -0.2) is 33.0 Å². The first-order valence-electron chi connectivity index (χ1n) is 7.92. The summed E-state index contributed by atoms with van der Waals surface area (Å²) < 4.78 is 15.5. The minimum atomic E-state index is -0.694. The molecular formula is C19H23NO4. The highest BCUT2D eigenvalue weighted by atomic mass is 16.7. The van der Waals surface area contributed by atoms with Crippen LogP contribution in [0.2, 0.25) is 0 Å². The Morgan fingerprint density at radius 2 is 1.83 bits per heavy atom. The SMILES string of the molecule is CCN(CCOC(=O)Oc1ccc(C)cc1)c1cccc(OC)c1. The van der Waals surface area contributed by atoms with Crippen molar-refractivity contribution in [2.24, 2.45) is 0 Å². The molecule has 0 aliphatic carbocycles. The van der Waals surface area contributed by atoms with E-state index in [2.05, 4.69) is 4.90 Å². The molecular weight excluding hydrogens is 306 g/mol. The number of carbonyl (C=O) groups is 1. The first kappa shape index (κ1) is 17.7. The molecule has 0 N–H and O–H groups in total. The molecule has 0 aliphatic heterocycles. The molecule has 0 atom stereocenters. The number of benzene rings is 2. The third-order valence-electron chi connectivity index (χ3n) is 3.60. The second kappa shape index (κ2) is 8.82. The first-order chi connectivity index (χ1) is 11.6. The van der Waals surface area contributed by atoms with Gasteiger partial charge in [0.25, 0.3) is 0 Å². The zero-order valence-electron chi connectivity index (χ0n) is 14.3. The summed E-state index contributed by atoms with van der Waals surface area (Å²) in [6, 6.07) is 15.0. The lowest BCUT2D eigenvalue weighted by atomic mass is 10.2. The third kappa shape index (κ3) is 5.19. The normalized spacial score (nSPS) is 10.1. The van der Waals surface area contributed by atoms with Crippen LogP contribution >= 0.6 is 0 Å². The maximum absolute atomic E-state index is 11.7. The van der Waals surface area contributed by atoms with Crippen molar-refractivity contribution >= 4 is 11.8 Å². The summed E-state index contributed by atoms with van der Waals surface area (Å²) in [5, 5.41) is 0. The van der Waals surface area contributed by atoms with E-state index in [0.717, 1.165) is 23.5 Å². The van der Waals surface area contributed by atoms with Gasteiger partial charge in [-0.1, -0.05) is 23.8 Å². The standard InChI is InChI=1S/C19H23NO4/c1-4-20(16-6-5-7-18(14-16)22-3)12-13-23-19(21)24-17-10-8-15(2)9-11-17/h5-11,14H,4,12-13H2,1-3H3. The molecule has 0 fully saturated rings. The van der Waals surface area contributed by atoms with Crippen LogP contribution in [-0.2, 0) is 4.74 Å². The Morgan fingerprint density at radius 1 is 1.08 bits per heavy atom. The van der Waals surface area contributed by atoms with Crippen molar-refractivity contribution in [2.45, 2.75) is 13.8 Å². The molecule has 0 aliphatic rings. The first-order valence-corrected chi connectivity index (χ1v) is 7.92. The maximum Gasteiger partial charge on any atom is 0.513 e. The molecule has 0 unspecified atom stereocenters. The van der Waals surface area contributed by atoms with Gasteiger partial charge in [0.15, 0.2) is 0 Å². The molecule has 0 radical (unpaired) electrons. The lowest BCUT2D eigenvalue weighted by Crippen LogP contribution is -2.28. The second-order valence-electron chi connectivity index (χ2n) is 5.29. The van der Waals surface area contributed by atoms with Gasteiger partial charge in [0.05, 0.1) is 13.7 Å². The predicted molar refractivity (Wildman–Crippen MR) is 94.0 cm³/mol. The molecule has 0 aromatic heterocycles. The van der Waals surface area contributed by atoms with Gasteiger partial charge in [-0.3, -0.25) is 0 Å². The molecule has 0 saturated heterocycles. The van der Waals surface area contributed by atoms with E-state index in [9.17, 15) is 4.79 Å². The van der Waals surface area contributed by atoms with Crippen molar-refractivity contribution in [2.75, 3.05) is 31.7 Å². The lowest BCUT2D eigenvalue weighted by Gasteiger charge is -2.23. The van der Waals surface area contributed by atoms with Crippen molar-refractivity contribution in [3.8, 4) is 11.5 Å². The number of hydrogen-bond acceptors (Lipinski definition) is 5. The average molecular weight is 329 g/mol. The quantitative estimate of drug-likeness (QED) is 0.566. The van der Waals surface area contributed by atoms with Crippen LogP contribution in [0.1, 0.15) is 12.5 Å². The van der Waals surface area contributed by atoms with Crippen molar-refractivity contribution in [1.29, 1.82) is 0 Å². The van der Waals surface area contributed by atoms with Crippen LogP contribution in [0.15, 0.2) is 48.5 Å². The van der Waals surface area contributed by atoms with Crippen molar-refractivity contribution in [3.05, 3.63) is 54.1 Å². The van der Waals surface area contributed by atoms with Crippen molar-refractivity contribution in [1.82, 2.24) is 0 Å². The number of rotatable bonds is 7. The summed E-state index contributed by atoms with van der Waals surface area (Å²) in [7, 11) is 1.64. The maximum atomic E-state index is 11.7. The largest absolute Gasteiger partial charge is 0.513 e. The summed E-state index contributed by atoms with van der Waals surface area (Å²) in [5.74, 6) is 1.27. The van der Waals surface area contributed by atoms with E-state index in [1.807, 2.05) is 50.2 Å². The fourth-order valence-corrected chi connectivity index (χ4v) is 2.25. The Balaban J connectivity index is 1.82. The van der Waals surface area contributed by atoms with Crippen molar-refractivity contribution in [3.63, 3.8) is 0 Å². The zero-order valence-corrected chi connectivity index (χ0v) is 14.3. The van der Waals surface area contributed by atoms with Gasteiger partial charge in [-0.2, -0.15) is 0 Å². The summed E-state index contributed by atoms with van der Waals surface area (Å²) in [5.41, 5.74) is 2.12. The van der Waals surface area contributed by atoms with Crippen LogP contribution in [0.3, 0.4) is 0 Å². The van der Waals surface area contributed by atoms with Gasteiger partial charge in [-0.15, -0.1) is 0 Å². The summed E-state index contributed by atoms with van der Waals surface area (Å²) in [6.07, 6.45) is -0.694. The lowest BCUT2D eigenvalue weighted by molar-refractivity contribution is 0.101. The second-order valence-corrected chi connectivity index (χ2v) is 5.29. The number of methoxy groups -OCH3 is 1. The van der Waals surface area contributed by atoms with E-state index < -0.39 is 6.16 Å². The minimum absolute atomic E-state index is 0.246. The molecule has 5 heteroatoms. The zero-order chi connectivity index (χ0) is 17.4. The Hall–Kier alpha value is -2.69. The van der Waals surface area contributed by atoms with Crippen molar-refractivity contribution < 1.29 is 19.0 Å². The molecule has 2 aromatic carbocycles. The predicted octanol–water partition coefficient (Wildman–Crippen LogP) is 4.05. The fourth-order valence-electron chi connectivity index (χ4n) is 2.25. The molecule has 5 nitrogen and oxygen atoms in total. The van der Waals surface area contributed by atoms with E-state index in [-0.39, 0.29) is 6.61 Å². The van der Waals surface area contributed by atoms with Crippen LogP contribution in [0, 0.1) is 6.92 Å².